The standard InChI is InChI=1S/C12H20N2O4/c1-2-12(4-3-5-13-12)11(18)14-7-8(15)6-9(14)10(16)17/h8-9,13,15H,2-7H2,1H3,(H,16,17)/t8-,9-,12?/m1/s1. The van der Waals surface area contributed by atoms with Gasteiger partial charge < -0.3 is 20.4 Å². The molecule has 3 N–H and O–H groups in total. The van der Waals surface area contributed by atoms with Crippen LogP contribution >= 0.6 is 0 Å². The third kappa shape index (κ3) is 2.10. The maximum Gasteiger partial charge on any atom is 0.326 e. The van der Waals surface area contributed by atoms with E-state index < -0.39 is 23.7 Å². The molecule has 18 heavy (non-hydrogen) atoms. The Balaban J connectivity index is 2.19. The molecule has 102 valence electrons. The highest BCUT2D eigenvalue weighted by Crippen LogP contribution is 2.29. The van der Waals surface area contributed by atoms with E-state index in [1.165, 1.54) is 4.90 Å². The van der Waals surface area contributed by atoms with Crippen LogP contribution in [0.25, 0.3) is 0 Å². The van der Waals surface area contributed by atoms with Crippen LogP contribution in [0.3, 0.4) is 0 Å². The molecule has 1 unspecified atom stereocenters. The Morgan fingerprint density at radius 2 is 2.22 bits per heavy atom. The van der Waals surface area contributed by atoms with Gasteiger partial charge in [-0.2, -0.15) is 0 Å². The second-order valence-corrected chi connectivity index (χ2v) is 5.17. The number of carbonyl (C=O) groups excluding carboxylic acids is 1. The summed E-state index contributed by atoms with van der Waals surface area (Å²) >= 11 is 0. The van der Waals surface area contributed by atoms with Gasteiger partial charge in [-0.3, -0.25) is 4.79 Å². The number of hydrogen-bond donors (Lipinski definition) is 3. The predicted octanol–water partition coefficient (Wildman–Crippen LogP) is -0.435. The summed E-state index contributed by atoms with van der Waals surface area (Å²) < 4.78 is 0. The van der Waals surface area contributed by atoms with Crippen LogP contribution in [-0.4, -0.2) is 57.8 Å². The summed E-state index contributed by atoms with van der Waals surface area (Å²) in [6, 6.07) is -0.890. The first-order chi connectivity index (χ1) is 8.50. The zero-order valence-electron chi connectivity index (χ0n) is 10.6. The normalized spacial score (nSPS) is 36.0. The lowest BCUT2D eigenvalue weighted by Gasteiger charge is -2.33. The van der Waals surface area contributed by atoms with Crippen molar-refractivity contribution in [2.24, 2.45) is 0 Å². The number of nitrogens with zero attached hydrogens (tertiary/aromatic N) is 1. The van der Waals surface area contributed by atoms with E-state index in [0.717, 1.165) is 19.4 Å². The van der Waals surface area contributed by atoms with Crippen LogP contribution in [-0.2, 0) is 9.59 Å². The average Bonchev–Trinajstić information content (AvgIpc) is 2.95. The molecule has 0 spiro atoms. The number of aliphatic carboxylic acids is 1. The van der Waals surface area contributed by atoms with Gasteiger partial charge in [0.2, 0.25) is 5.91 Å². The summed E-state index contributed by atoms with van der Waals surface area (Å²) in [7, 11) is 0. The van der Waals surface area contributed by atoms with Gasteiger partial charge in [0, 0.05) is 13.0 Å². The maximum atomic E-state index is 12.5. The molecule has 2 heterocycles. The smallest absolute Gasteiger partial charge is 0.326 e. The van der Waals surface area contributed by atoms with Crippen molar-refractivity contribution in [1.82, 2.24) is 10.2 Å². The van der Waals surface area contributed by atoms with Gasteiger partial charge in [0.25, 0.3) is 0 Å². The van der Waals surface area contributed by atoms with Crippen molar-refractivity contribution in [1.29, 1.82) is 0 Å². The molecule has 2 aliphatic rings. The first-order valence-electron chi connectivity index (χ1n) is 6.47. The molecule has 3 atom stereocenters. The Labute approximate surface area is 106 Å². The highest BCUT2D eigenvalue weighted by Gasteiger charge is 2.48. The van der Waals surface area contributed by atoms with Gasteiger partial charge in [-0.25, -0.2) is 4.79 Å². The van der Waals surface area contributed by atoms with Crippen molar-refractivity contribution in [2.75, 3.05) is 13.1 Å². The Morgan fingerprint density at radius 3 is 2.72 bits per heavy atom. The van der Waals surface area contributed by atoms with Crippen molar-refractivity contribution >= 4 is 11.9 Å². The molecule has 0 aliphatic carbocycles. The number of amides is 1. The second kappa shape index (κ2) is 4.85. The zero-order chi connectivity index (χ0) is 13.3. The molecular formula is C12H20N2O4. The summed E-state index contributed by atoms with van der Waals surface area (Å²) in [5.41, 5.74) is -0.627. The molecule has 0 bridgehead atoms. The van der Waals surface area contributed by atoms with Gasteiger partial charge >= 0.3 is 5.97 Å². The van der Waals surface area contributed by atoms with Crippen molar-refractivity contribution in [2.45, 2.75) is 50.3 Å². The number of carboxylic acid groups (broad SMARTS) is 1. The van der Waals surface area contributed by atoms with Crippen LogP contribution in [0.4, 0.5) is 0 Å². The van der Waals surface area contributed by atoms with E-state index in [1.54, 1.807) is 0 Å². The Hall–Kier alpha value is -1.14. The van der Waals surface area contributed by atoms with E-state index in [0.29, 0.717) is 6.42 Å². The monoisotopic (exact) mass is 256 g/mol. The number of β-amino-alcohol motifs (C(OH)–C–C–N with tert-alkyl or cyclic N) is 1. The summed E-state index contributed by atoms with van der Waals surface area (Å²) in [5.74, 6) is -1.21. The molecular weight excluding hydrogens is 236 g/mol. The summed E-state index contributed by atoms with van der Waals surface area (Å²) in [6.45, 7) is 2.84. The second-order valence-electron chi connectivity index (χ2n) is 5.17. The fourth-order valence-corrected chi connectivity index (χ4v) is 2.99. The summed E-state index contributed by atoms with van der Waals surface area (Å²) in [4.78, 5) is 25.0. The van der Waals surface area contributed by atoms with E-state index in [9.17, 15) is 14.7 Å². The van der Waals surface area contributed by atoms with Crippen molar-refractivity contribution in [3.63, 3.8) is 0 Å². The molecule has 0 aromatic carbocycles. The molecule has 6 heteroatoms. The maximum absolute atomic E-state index is 12.5. The Bertz CT molecular complexity index is 352. The molecule has 0 radical (unpaired) electrons. The van der Waals surface area contributed by atoms with Crippen LogP contribution in [0.15, 0.2) is 0 Å². The van der Waals surface area contributed by atoms with Crippen LogP contribution in [0.1, 0.15) is 32.6 Å². The number of carbonyl (C=O) groups is 2. The van der Waals surface area contributed by atoms with E-state index in [2.05, 4.69) is 5.32 Å². The molecule has 6 nitrogen and oxygen atoms in total. The first-order valence-corrected chi connectivity index (χ1v) is 6.47. The predicted molar refractivity (Wildman–Crippen MR) is 64.0 cm³/mol. The number of hydrogen-bond acceptors (Lipinski definition) is 4. The number of aliphatic hydroxyl groups excluding tert-OH is 1. The third-order valence-electron chi connectivity index (χ3n) is 4.08. The van der Waals surface area contributed by atoms with Gasteiger partial charge in [0.05, 0.1) is 11.6 Å². The van der Waals surface area contributed by atoms with Crippen LogP contribution in [0.2, 0.25) is 0 Å². The molecule has 2 saturated heterocycles. The SMILES string of the molecule is CCC1(C(=O)N2C[C@H](O)C[C@@H]2C(=O)O)CCCN1. The van der Waals surface area contributed by atoms with Gasteiger partial charge in [-0.05, 0) is 25.8 Å². The van der Waals surface area contributed by atoms with E-state index in [-0.39, 0.29) is 18.9 Å². The van der Waals surface area contributed by atoms with Gasteiger partial charge in [0.15, 0.2) is 0 Å². The van der Waals surface area contributed by atoms with Gasteiger partial charge in [-0.15, -0.1) is 0 Å². The molecule has 2 rings (SSSR count). The lowest BCUT2D eigenvalue weighted by atomic mass is 9.92. The first kappa shape index (κ1) is 13.3. The highest BCUT2D eigenvalue weighted by atomic mass is 16.4. The van der Waals surface area contributed by atoms with E-state index in [1.807, 2.05) is 6.92 Å². The topological polar surface area (TPSA) is 89.9 Å². The van der Waals surface area contributed by atoms with Gasteiger partial charge in [-0.1, -0.05) is 6.92 Å². The molecule has 2 aliphatic heterocycles. The van der Waals surface area contributed by atoms with Crippen LogP contribution < -0.4 is 5.32 Å². The number of likely N-dealkylation sites (tertiary alicyclic amines) is 1. The van der Waals surface area contributed by atoms with Gasteiger partial charge in [0.1, 0.15) is 6.04 Å². The van der Waals surface area contributed by atoms with Crippen molar-refractivity contribution in [3.05, 3.63) is 0 Å². The number of carboxylic acids is 1. The quantitative estimate of drug-likeness (QED) is 0.637. The average molecular weight is 256 g/mol. The molecule has 0 saturated carbocycles. The van der Waals surface area contributed by atoms with Crippen LogP contribution in [0.5, 0.6) is 0 Å². The highest BCUT2D eigenvalue weighted by molar-refractivity contribution is 5.91. The number of aliphatic hydroxyl groups is 1. The minimum Gasteiger partial charge on any atom is -0.480 e. The molecule has 2 fully saturated rings. The fourth-order valence-electron chi connectivity index (χ4n) is 2.99. The Morgan fingerprint density at radius 1 is 1.50 bits per heavy atom. The number of rotatable bonds is 3. The van der Waals surface area contributed by atoms with Crippen molar-refractivity contribution < 1.29 is 19.8 Å². The molecule has 0 aromatic heterocycles. The third-order valence-corrected chi connectivity index (χ3v) is 4.08. The lowest BCUT2D eigenvalue weighted by molar-refractivity contribution is -0.151. The minimum atomic E-state index is -1.04. The lowest BCUT2D eigenvalue weighted by Crippen LogP contribution is -2.57. The minimum absolute atomic E-state index is 0.124. The summed E-state index contributed by atoms with van der Waals surface area (Å²) in [6.07, 6.45) is 1.70. The fraction of sp³-hybridized carbons (Fsp3) is 0.833. The van der Waals surface area contributed by atoms with Crippen LogP contribution in [0, 0.1) is 0 Å². The largest absolute Gasteiger partial charge is 0.480 e. The summed E-state index contributed by atoms with van der Waals surface area (Å²) in [5, 5.41) is 21.9. The number of nitrogens with one attached hydrogen (secondary N) is 1. The van der Waals surface area contributed by atoms with E-state index >= 15 is 0 Å². The molecule has 1 amide bonds. The zero-order valence-corrected chi connectivity index (χ0v) is 10.6. The molecule has 0 aromatic rings. The van der Waals surface area contributed by atoms with E-state index in [4.69, 9.17) is 5.11 Å². The Kier molecular flexibility index (Phi) is 3.59. The van der Waals surface area contributed by atoms with Crippen molar-refractivity contribution in [3.8, 4) is 0 Å².